The zero-order valence-corrected chi connectivity index (χ0v) is 16.5. The van der Waals surface area contributed by atoms with Crippen LogP contribution >= 0.6 is 0 Å². The average molecular weight is 445 g/mol. The number of carbonyl (C=O) groups is 1. The van der Waals surface area contributed by atoms with Gasteiger partial charge in [-0.2, -0.15) is 13.2 Å². The van der Waals surface area contributed by atoms with E-state index in [0.717, 1.165) is 28.8 Å². The van der Waals surface area contributed by atoms with Gasteiger partial charge in [-0.3, -0.25) is 9.36 Å². The number of nitrogens with zero attached hydrogens (tertiary/aromatic N) is 4. The van der Waals surface area contributed by atoms with E-state index >= 15 is 0 Å². The Kier molecular flexibility index (Phi) is 5.03. The molecule has 0 saturated heterocycles. The van der Waals surface area contributed by atoms with Gasteiger partial charge in [0.15, 0.2) is 17.2 Å². The van der Waals surface area contributed by atoms with Crippen molar-refractivity contribution in [2.24, 2.45) is 5.73 Å². The summed E-state index contributed by atoms with van der Waals surface area (Å²) in [5.74, 6) is -1.73. The Labute approximate surface area is 177 Å². The van der Waals surface area contributed by atoms with E-state index in [1.54, 1.807) is 6.92 Å². The number of hydrogen-bond acceptors (Lipinski definition) is 4. The molecule has 0 unspecified atom stereocenters. The summed E-state index contributed by atoms with van der Waals surface area (Å²) in [6, 6.07) is 9.21. The minimum atomic E-state index is -4.60. The number of imidazole rings is 1. The SMILES string of the molecule is CCn1c(=O)n(-c2ccc(F)cc2)c2nc(-c3cccc(C(F)(F)F)c3)nc(C(N)=O)c21. The van der Waals surface area contributed by atoms with Gasteiger partial charge in [-0.05, 0) is 43.3 Å². The molecule has 32 heavy (non-hydrogen) atoms. The van der Waals surface area contributed by atoms with Gasteiger partial charge in [0, 0.05) is 12.1 Å². The number of alkyl halides is 3. The van der Waals surface area contributed by atoms with Crippen molar-refractivity contribution in [1.29, 1.82) is 0 Å². The van der Waals surface area contributed by atoms with Gasteiger partial charge in [0.05, 0.1) is 11.3 Å². The molecule has 1 amide bonds. The third kappa shape index (κ3) is 3.51. The van der Waals surface area contributed by atoms with Crippen LogP contribution in [0.1, 0.15) is 23.0 Å². The monoisotopic (exact) mass is 445 g/mol. The third-order valence-corrected chi connectivity index (χ3v) is 4.85. The lowest BCUT2D eigenvalue weighted by molar-refractivity contribution is -0.137. The predicted molar refractivity (Wildman–Crippen MR) is 108 cm³/mol. The molecule has 0 aliphatic carbocycles. The van der Waals surface area contributed by atoms with Crippen LogP contribution in [0.15, 0.2) is 53.3 Å². The highest BCUT2D eigenvalue weighted by molar-refractivity contribution is 6.02. The molecule has 2 aromatic heterocycles. The highest BCUT2D eigenvalue weighted by Gasteiger charge is 2.31. The van der Waals surface area contributed by atoms with E-state index in [-0.39, 0.29) is 40.5 Å². The number of rotatable bonds is 4. The van der Waals surface area contributed by atoms with Crippen LogP contribution in [0.4, 0.5) is 17.6 Å². The van der Waals surface area contributed by atoms with Crippen LogP contribution in [0.2, 0.25) is 0 Å². The van der Waals surface area contributed by atoms with Crippen molar-refractivity contribution in [3.8, 4) is 17.1 Å². The Morgan fingerprint density at radius 2 is 1.78 bits per heavy atom. The lowest BCUT2D eigenvalue weighted by Crippen LogP contribution is -2.23. The van der Waals surface area contributed by atoms with Crippen molar-refractivity contribution in [1.82, 2.24) is 19.1 Å². The first-order valence-electron chi connectivity index (χ1n) is 9.38. The van der Waals surface area contributed by atoms with Gasteiger partial charge in [0.25, 0.3) is 5.91 Å². The van der Waals surface area contributed by atoms with Gasteiger partial charge >= 0.3 is 11.9 Å². The van der Waals surface area contributed by atoms with E-state index in [4.69, 9.17) is 5.73 Å². The molecule has 0 aliphatic heterocycles. The summed E-state index contributed by atoms with van der Waals surface area (Å²) in [4.78, 5) is 33.6. The van der Waals surface area contributed by atoms with Crippen LogP contribution < -0.4 is 11.4 Å². The van der Waals surface area contributed by atoms with E-state index in [9.17, 15) is 27.2 Å². The van der Waals surface area contributed by atoms with Crippen molar-refractivity contribution in [2.75, 3.05) is 0 Å². The molecular formula is C21H15F4N5O2. The van der Waals surface area contributed by atoms with Crippen molar-refractivity contribution < 1.29 is 22.4 Å². The Balaban J connectivity index is 2.09. The minimum absolute atomic E-state index is 0.0217. The van der Waals surface area contributed by atoms with Crippen LogP contribution in [0.5, 0.6) is 0 Å². The maximum Gasteiger partial charge on any atom is 0.416 e. The molecule has 0 fully saturated rings. The number of nitrogens with two attached hydrogens (primary N) is 1. The Morgan fingerprint density at radius 3 is 2.38 bits per heavy atom. The first-order chi connectivity index (χ1) is 15.1. The van der Waals surface area contributed by atoms with E-state index in [0.29, 0.717) is 0 Å². The third-order valence-electron chi connectivity index (χ3n) is 4.85. The standard InChI is InChI=1S/C21H15F4N5O2/c1-2-29-16-15(17(26)31)27-18(11-4-3-5-12(10-11)21(23,24)25)28-19(16)30(20(29)32)14-8-6-13(22)7-9-14/h3-10H,2H2,1H3,(H2,26,31). The number of primary amides is 1. The van der Waals surface area contributed by atoms with Crippen LogP contribution in [0.25, 0.3) is 28.2 Å². The topological polar surface area (TPSA) is 95.8 Å². The lowest BCUT2D eigenvalue weighted by atomic mass is 10.1. The number of aromatic nitrogens is 4. The molecule has 2 N–H and O–H groups in total. The van der Waals surface area contributed by atoms with Gasteiger partial charge in [0.2, 0.25) is 0 Å². The minimum Gasteiger partial charge on any atom is -0.364 e. The Hall–Kier alpha value is -4.02. The molecule has 11 heteroatoms. The quantitative estimate of drug-likeness (QED) is 0.486. The van der Waals surface area contributed by atoms with Crippen LogP contribution in [0.3, 0.4) is 0 Å². The van der Waals surface area contributed by atoms with Crippen molar-refractivity contribution in [3.05, 3.63) is 76.1 Å². The first-order valence-corrected chi connectivity index (χ1v) is 9.38. The number of amides is 1. The average Bonchev–Trinajstić information content (AvgIpc) is 3.04. The lowest BCUT2D eigenvalue weighted by Gasteiger charge is -2.10. The normalized spacial score (nSPS) is 11.8. The molecule has 0 saturated carbocycles. The van der Waals surface area contributed by atoms with E-state index < -0.39 is 29.2 Å². The second kappa shape index (κ2) is 7.59. The number of carbonyl (C=O) groups excluding carboxylic acids is 1. The number of hydrogen-bond donors (Lipinski definition) is 1. The zero-order chi connectivity index (χ0) is 23.2. The molecule has 0 radical (unpaired) electrons. The largest absolute Gasteiger partial charge is 0.416 e. The fourth-order valence-corrected chi connectivity index (χ4v) is 3.41. The number of halogens is 4. The first kappa shape index (κ1) is 21.2. The summed E-state index contributed by atoms with van der Waals surface area (Å²) in [5.41, 5.74) is 3.86. The maximum absolute atomic E-state index is 13.4. The summed E-state index contributed by atoms with van der Waals surface area (Å²) in [5, 5.41) is 0. The molecule has 0 atom stereocenters. The molecule has 2 aromatic carbocycles. The van der Waals surface area contributed by atoms with Crippen molar-refractivity contribution in [2.45, 2.75) is 19.6 Å². The predicted octanol–water partition coefficient (Wildman–Crippen LogP) is 3.53. The molecule has 0 bridgehead atoms. The molecule has 4 aromatic rings. The van der Waals surface area contributed by atoms with Gasteiger partial charge in [-0.15, -0.1) is 0 Å². The molecule has 0 spiro atoms. The second-order valence-corrected chi connectivity index (χ2v) is 6.85. The van der Waals surface area contributed by atoms with Crippen molar-refractivity contribution >= 4 is 17.1 Å². The van der Waals surface area contributed by atoms with Crippen LogP contribution in [-0.2, 0) is 12.7 Å². The maximum atomic E-state index is 13.4. The number of aryl methyl sites for hydroxylation is 1. The van der Waals surface area contributed by atoms with Gasteiger partial charge in [-0.1, -0.05) is 12.1 Å². The smallest absolute Gasteiger partial charge is 0.364 e. The molecular weight excluding hydrogens is 430 g/mol. The Morgan fingerprint density at radius 1 is 1.09 bits per heavy atom. The Bertz CT molecular complexity index is 1400. The molecule has 4 rings (SSSR count). The van der Waals surface area contributed by atoms with Gasteiger partial charge < -0.3 is 5.73 Å². The summed E-state index contributed by atoms with van der Waals surface area (Å²) in [6.07, 6.45) is -4.60. The zero-order valence-electron chi connectivity index (χ0n) is 16.5. The number of fused-ring (bicyclic) bond motifs is 1. The number of benzene rings is 2. The van der Waals surface area contributed by atoms with E-state index in [2.05, 4.69) is 9.97 Å². The summed E-state index contributed by atoms with van der Waals surface area (Å²) in [7, 11) is 0. The summed E-state index contributed by atoms with van der Waals surface area (Å²) in [6.45, 7) is 1.79. The highest BCUT2D eigenvalue weighted by Crippen LogP contribution is 2.32. The highest BCUT2D eigenvalue weighted by atomic mass is 19.4. The molecule has 7 nitrogen and oxygen atoms in total. The van der Waals surface area contributed by atoms with Crippen LogP contribution in [0, 0.1) is 5.82 Å². The van der Waals surface area contributed by atoms with Gasteiger partial charge in [-0.25, -0.2) is 23.7 Å². The second-order valence-electron chi connectivity index (χ2n) is 6.85. The summed E-state index contributed by atoms with van der Waals surface area (Å²) >= 11 is 0. The fraction of sp³-hybridized carbons (Fsp3) is 0.143. The van der Waals surface area contributed by atoms with Crippen LogP contribution in [-0.4, -0.2) is 25.0 Å². The molecule has 0 aliphatic rings. The van der Waals surface area contributed by atoms with E-state index in [1.165, 1.54) is 28.8 Å². The molecule has 2 heterocycles. The summed E-state index contributed by atoms with van der Waals surface area (Å²) < 4.78 is 55.3. The fourth-order valence-electron chi connectivity index (χ4n) is 3.41. The van der Waals surface area contributed by atoms with E-state index in [1.807, 2.05) is 0 Å². The van der Waals surface area contributed by atoms with Gasteiger partial charge in [0.1, 0.15) is 11.3 Å². The molecule has 164 valence electrons. The van der Waals surface area contributed by atoms with Crippen molar-refractivity contribution in [3.63, 3.8) is 0 Å².